The molecular formula is C11H14N6O. The summed E-state index contributed by atoms with van der Waals surface area (Å²) in [6.45, 7) is 0.674. The fourth-order valence-electron chi connectivity index (χ4n) is 1.45. The number of primary amides is 1. The van der Waals surface area contributed by atoms with Crippen molar-refractivity contribution >= 4 is 11.7 Å². The van der Waals surface area contributed by atoms with Gasteiger partial charge < -0.3 is 11.1 Å². The summed E-state index contributed by atoms with van der Waals surface area (Å²) in [5, 5.41) is 7.28. The molecule has 0 aliphatic carbocycles. The van der Waals surface area contributed by atoms with E-state index in [0.717, 1.165) is 5.82 Å². The average Bonchev–Trinajstić information content (AvgIpc) is 2.76. The molecule has 0 spiro atoms. The Morgan fingerprint density at radius 2 is 2.28 bits per heavy atom. The van der Waals surface area contributed by atoms with Crippen molar-refractivity contribution in [3.05, 3.63) is 36.0 Å². The molecule has 2 heterocycles. The maximum Gasteiger partial charge on any atom is 0.250 e. The average molecular weight is 246 g/mol. The Morgan fingerprint density at radius 3 is 2.83 bits per heavy atom. The van der Waals surface area contributed by atoms with Gasteiger partial charge in [0.25, 0.3) is 0 Å². The first-order chi connectivity index (χ1) is 8.65. The highest BCUT2D eigenvalue weighted by Gasteiger charge is 2.01. The van der Waals surface area contributed by atoms with Crippen LogP contribution in [0.5, 0.6) is 0 Å². The Labute approximate surface area is 104 Å². The number of hydrogen-bond donors (Lipinski definition) is 2. The van der Waals surface area contributed by atoms with Crippen LogP contribution in [0.2, 0.25) is 0 Å². The lowest BCUT2D eigenvalue weighted by Gasteiger charge is -2.03. The molecule has 7 heteroatoms. The van der Waals surface area contributed by atoms with Gasteiger partial charge in [-0.05, 0) is 12.1 Å². The maximum absolute atomic E-state index is 10.9. The van der Waals surface area contributed by atoms with Gasteiger partial charge in [0, 0.05) is 26.2 Å². The van der Waals surface area contributed by atoms with Gasteiger partial charge >= 0.3 is 0 Å². The van der Waals surface area contributed by atoms with E-state index in [1.807, 2.05) is 7.05 Å². The first-order valence-electron chi connectivity index (χ1n) is 5.49. The first kappa shape index (κ1) is 12.0. The van der Waals surface area contributed by atoms with E-state index in [4.69, 9.17) is 5.73 Å². The van der Waals surface area contributed by atoms with Gasteiger partial charge in [0.15, 0.2) is 5.82 Å². The van der Waals surface area contributed by atoms with Crippen molar-refractivity contribution in [1.82, 2.24) is 19.7 Å². The summed E-state index contributed by atoms with van der Waals surface area (Å²) in [5.74, 6) is 0.987. The van der Waals surface area contributed by atoms with Gasteiger partial charge in [-0.25, -0.2) is 9.97 Å². The third kappa shape index (κ3) is 3.03. The van der Waals surface area contributed by atoms with Gasteiger partial charge in [-0.2, -0.15) is 5.10 Å². The second kappa shape index (κ2) is 5.26. The molecule has 2 aromatic heterocycles. The largest absolute Gasteiger partial charge is 0.370 e. The van der Waals surface area contributed by atoms with Gasteiger partial charge in [-0.1, -0.05) is 0 Å². The Morgan fingerprint density at radius 1 is 1.44 bits per heavy atom. The number of carbonyl (C=O) groups excluding carboxylic acids is 1. The van der Waals surface area contributed by atoms with Crippen molar-refractivity contribution in [2.45, 2.75) is 6.42 Å². The number of aryl methyl sites for hydroxylation is 1. The van der Waals surface area contributed by atoms with E-state index in [1.54, 1.807) is 23.1 Å². The number of anilines is 1. The highest BCUT2D eigenvalue weighted by Crippen LogP contribution is 2.04. The number of hydrogen-bond acceptors (Lipinski definition) is 5. The van der Waals surface area contributed by atoms with E-state index in [-0.39, 0.29) is 0 Å². The first-order valence-corrected chi connectivity index (χ1v) is 5.49. The zero-order valence-electron chi connectivity index (χ0n) is 10.00. The third-order valence-electron chi connectivity index (χ3n) is 2.35. The fourth-order valence-corrected chi connectivity index (χ4v) is 1.45. The molecule has 7 nitrogen and oxygen atoms in total. The topological polar surface area (TPSA) is 98.7 Å². The summed E-state index contributed by atoms with van der Waals surface area (Å²) in [7, 11) is 1.83. The minimum absolute atomic E-state index is 0.395. The van der Waals surface area contributed by atoms with Crippen LogP contribution < -0.4 is 11.1 Å². The lowest BCUT2D eigenvalue weighted by atomic mass is 10.3. The molecule has 0 radical (unpaired) electrons. The van der Waals surface area contributed by atoms with Gasteiger partial charge in [0.05, 0.1) is 5.56 Å². The Kier molecular flexibility index (Phi) is 3.52. The van der Waals surface area contributed by atoms with E-state index >= 15 is 0 Å². The number of pyridine rings is 1. The van der Waals surface area contributed by atoms with Gasteiger partial charge in [-0.15, -0.1) is 0 Å². The molecule has 0 bridgehead atoms. The molecule has 2 aromatic rings. The lowest BCUT2D eigenvalue weighted by Crippen LogP contribution is -2.12. The van der Waals surface area contributed by atoms with Crippen LogP contribution in [-0.2, 0) is 13.5 Å². The second-order valence-electron chi connectivity index (χ2n) is 3.81. The number of nitrogens with one attached hydrogen (secondary N) is 1. The second-order valence-corrected chi connectivity index (χ2v) is 3.81. The predicted molar refractivity (Wildman–Crippen MR) is 66.0 cm³/mol. The van der Waals surface area contributed by atoms with Crippen LogP contribution in [0.1, 0.15) is 16.2 Å². The Hall–Kier alpha value is -2.44. The summed E-state index contributed by atoms with van der Waals surface area (Å²) < 4.78 is 1.66. The van der Waals surface area contributed by atoms with Crippen LogP contribution in [0, 0.1) is 0 Å². The van der Waals surface area contributed by atoms with E-state index in [1.165, 1.54) is 6.20 Å². The number of nitrogens with zero attached hydrogens (tertiary/aromatic N) is 4. The van der Waals surface area contributed by atoms with Crippen LogP contribution in [-0.4, -0.2) is 32.2 Å². The Bertz CT molecular complexity index is 533. The quantitative estimate of drug-likeness (QED) is 0.771. The molecule has 0 aliphatic heterocycles. The summed E-state index contributed by atoms with van der Waals surface area (Å²) >= 11 is 0. The predicted octanol–water partition coefficient (Wildman–Crippen LogP) is -0.0364. The Balaban J connectivity index is 1.85. The SMILES string of the molecule is Cn1cnc(CCNc2ccc(C(N)=O)cn2)n1. The highest BCUT2D eigenvalue weighted by atomic mass is 16.1. The van der Waals surface area contributed by atoms with Crippen LogP contribution >= 0.6 is 0 Å². The normalized spacial score (nSPS) is 10.3. The van der Waals surface area contributed by atoms with Crippen molar-refractivity contribution in [3.63, 3.8) is 0 Å². The van der Waals surface area contributed by atoms with E-state index in [0.29, 0.717) is 24.3 Å². The molecule has 0 unspecified atom stereocenters. The number of amides is 1. The molecule has 0 aliphatic rings. The van der Waals surface area contributed by atoms with Crippen molar-refractivity contribution in [2.24, 2.45) is 12.8 Å². The number of rotatable bonds is 5. The standard InChI is InChI=1S/C11H14N6O/c1-17-7-15-10(16-17)4-5-13-9-3-2-8(6-14-9)11(12)18/h2-3,6-7H,4-5H2,1H3,(H2,12,18)(H,13,14). The van der Waals surface area contributed by atoms with Crippen LogP contribution in [0.15, 0.2) is 24.7 Å². The van der Waals surface area contributed by atoms with Gasteiger partial charge in [0.1, 0.15) is 12.1 Å². The molecule has 0 fully saturated rings. The number of aromatic nitrogens is 4. The molecule has 1 amide bonds. The summed E-state index contributed by atoms with van der Waals surface area (Å²) in [4.78, 5) is 19.0. The zero-order valence-corrected chi connectivity index (χ0v) is 10.00. The number of carbonyl (C=O) groups is 1. The van der Waals surface area contributed by atoms with E-state index < -0.39 is 5.91 Å². The maximum atomic E-state index is 10.9. The summed E-state index contributed by atoms with van der Waals surface area (Å²) in [6, 6.07) is 3.35. The minimum Gasteiger partial charge on any atom is -0.370 e. The summed E-state index contributed by atoms with van der Waals surface area (Å²) in [6.07, 6.45) is 3.82. The monoisotopic (exact) mass is 246 g/mol. The zero-order chi connectivity index (χ0) is 13.0. The third-order valence-corrected chi connectivity index (χ3v) is 2.35. The fraction of sp³-hybridized carbons (Fsp3) is 0.273. The molecule has 0 saturated heterocycles. The molecule has 0 atom stereocenters. The number of nitrogens with two attached hydrogens (primary N) is 1. The molecular weight excluding hydrogens is 232 g/mol. The lowest BCUT2D eigenvalue weighted by molar-refractivity contribution is 0.1000. The smallest absolute Gasteiger partial charge is 0.250 e. The molecule has 94 valence electrons. The van der Waals surface area contributed by atoms with Crippen molar-refractivity contribution < 1.29 is 4.79 Å². The van der Waals surface area contributed by atoms with Gasteiger partial charge in [-0.3, -0.25) is 9.48 Å². The van der Waals surface area contributed by atoms with E-state index in [2.05, 4.69) is 20.4 Å². The van der Waals surface area contributed by atoms with E-state index in [9.17, 15) is 4.79 Å². The van der Waals surface area contributed by atoms with Crippen LogP contribution in [0.25, 0.3) is 0 Å². The van der Waals surface area contributed by atoms with Gasteiger partial charge in [0.2, 0.25) is 5.91 Å². The van der Waals surface area contributed by atoms with Crippen molar-refractivity contribution in [2.75, 3.05) is 11.9 Å². The van der Waals surface area contributed by atoms with Crippen molar-refractivity contribution in [3.8, 4) is 0 Å². The highest BCUT2D eigenvalue weighted by molar-refractivity contribution is 5.92. The molecule has 2 rings (SSSR count). The molecule has 18 heavy (non-hydrogen) atoms. The summed E-state index contributed by atoms with van der Waals surface area (Å²) in [5.41, 5.74) is 5.52. The van der Waals surface area contributed by atoms with Crippen LogP contribution in [0.3, 0.4) is 0 Å². The molecule has 0 aromatic carbocycles. The minimum atomic E-state index is -0.480. The van der Waals surface area contributed by atoms with Crippen LogP contribution in [0.4, 0.5) is 5.82 Å². The van der Waals surface area contributed by atoms with Crippen molar-refractivity contribution in [1.29, 1.82) is 0 Å². The molecule has 0 saturated carbocycles. The molecule has 3 N–H and O–H groups in total.